The smallest absolute Gasteiger partial charge is 0.336 e. The number of rotatable bonds is 19. The minimum absolute atomic E-state index is 0. The third-order valence-corrected chi connectivity index (χ3v) is 9.89. The number of carboxylic acid groups (broad SMARTS) is 5. The van der Waals surface area contributed by atoms with Crippen molar-refractivity contribution >= 4 is 395 Å². The van der Waals surface area contributed by atoms with E-state index in [1.165, 1.54) is 60.7 Å². The molecule has 0 unspecified atom stereocenters. The van der Waals surface area contributed by atoms with Gasteiger partial charge in [0, 0.05) is 354 Å². The maximum Gasteiger partial charge on any atom is 0.336 e. The van der Waals surface area contributed by atoms with Crippen LogP contribution in [-0.4, -0.2) is 414 Å². The van der Waals surface area contributed by atoms with E-state index >= 15 is 0 Å². The molecule has 1 aliphatic carbocycles. The number of nitrogens with one attached hydrogen (secondary N) is 1. The average molecular weight is 1150 g/mol. The summed E-state index contributed by atoms with van der Waals surface area (Å²) in [6, 6.07) is 18.6. The number of carbonyl (C=O) groups excluding carboxylic acids is 1. The van der Waals surface area contributed by atoms with Crippen molar-refractivity contribution in [2.75, 3.05) is 54.5 Å². The van der Waals surface area contributed by atoms with Crippen LogP contribution < -0.4 is 30.0 Å². The fourth-order valence-electron chi connectivity index (χ4n) is 6.69. The predicted molar refractivity (Wildman–Crippen MR) is 265 cm³/mol. The summed E-state index contributed by atoms with van der Waals surface area (Å²) in [5.74, 6) is -7.97. The molecule has 6 radical (unpaired) electrons. The summed E-state index contributed by atoms with van der Waals surface area (Å²) < 4.78 is 17.6. The number of ether oxygens (including phenoxy) is 2. The SMILES string of the molecule is O=C(O)CN(CC(=O)O)c1ccccc1OCCOc1cc(NC(=O)c2ccc(-c3c4cc(Cl)c(=O)cc-4oc4cc(O)c(Cl)cc34)c(C(=O)O)c2)ccc1N(CC(=O)O)CC(=O)O.[K].[K].[K].[K].[K].[K]. The molecule has 0 aromatic heterocycles. The zero-order valence-corrected chi connectivity index (χ0v) is 59.0. The molecular formula is C43H33Cl2K6N3O16. The summed E-state index contributed by atoms with van der Waals surface area (Å²) in [6.07, 6.45) is 0. The third kappa shape index (κ3) is 19.6. The maximum atomic E-state index is 13.8. The van der Waals surface area contributed by atoms with Gasteiger partial charge in [-0.3, -0.25) is 28.8 Å². The number of para-hydroxylation sites is 2. The molecule has 0 spiro atoms. The van der Waals surface area contributed by atoms with Crippen molar-refractivity contribution in [1.82, 2.24) is 0 Å². The van der Waals surface area contributed by atoms with Crippen molar-refractivity contribution in [1.29, 1.82) is 0 Å². The molecule has 0 bridgehead atoms. The molecule has 1 amide bonds. The van der Waals surface area contributed by atoms with E-state index in [4.69, 9.17) is 37.1 Å². The molecule has 2 aliphatic rings. The van der Waals surface area contributed by atoms with Crippen molar-refractivity contribution < 1.29 is 73.3 Å². The van der Waals surface area contributed by atoms with E-state index in [0.717, 1.165) is 21.9 Å². The molecule has 0 saturated carbocycles. The summed E-state index contributed by atoms with van der Waals surface area (Å²) in [7, 11) is 0. The second-order valence-electron chi connectivity index (χ2n) is 13.7. The molecular weight excluding hydrogens is 1120 g/mol. The van der Waals surface area contributed by atoms with E-state index in [9.17, 15) is 64.2 Å². The van der Waals surface area contributed by atoms with Gasteiger partial charge in [-0.15, -0.1) is 0 Å². The Bertz CT molecular complexity index is 2880. The third-order valence-electron chi connectivity index (χ3n) is 9.29. The molecule has 27 heteroatoms. The van der Waals surface area contributed by atoms with Gasteiger partial charge >= 0.3 is 29.8 Å². The normalized spacial score (nSPS) is 9.97. The van der Waals surface area contributed by atoms with E-state index in [-0.39, 0.29) is 410 Å². The average Bonchev–Trinajstić information content (AvgIpc) is 3.21. The summed E-state index contributed by atoms with van der Waals surface area (Å²) >= 11 is 12.4. The number of hydrogen-bond acceptors (Lipinski definition) is 13. The van der Waals surface area contributed by atoms with Gasteiger partial charge in [0.1, 0.15) is 68.0 Å². The zero-order chi connectivity index (χ0) is 46.4. The summed E-state index contributed by atoms with van der Waals surface area (Å²) in [6.45, 7) is -3.41. The molecule has 4 aromatic carbocycles. The van der Waals surface area contributed by atoms with Gasteiger partial charge in [-0.1, -0.05) is 41.4 Å². The second kappa shape index (κ2) is 33.9. The Morgan fingerprint density at radius 3 is 1.70 bits per heavy atom. The van der Waals surface area contributed by atoms with E-state index in [1.807, 2.05) is 0 Å². The molecule has 19 nitrogen and oxygen atoms in total. The molecule has 1 heterocycles. The van der Waals surface area contributed by atoms with Crippen LogP contribution in [0.4, 0.5) is 17.1 Å². The molecule has 70 heavy (non-hydrogen) atoms. The Labute approximate surface area is 663 Å². The number of aliphatic carboxylic acids is 4. The van der Waals surface area contributed by atoms with E-state index in [0.29, 0.717) is 0 Å². The van der Waals surface area contributed by atoms with Gasteiger partial charge < -0.3 is 59.6 Å². The Hall–Kier alpha value is 1.79. The molecule has 4 aromatic rings. The number of hydrogen-bond donors (Lipinski definition) is 7. The Morgan fingerprint density at radius 2 is 1.14 bits per heavy atom. The largest absolute Gasteiger partial charge is 0.506 e. The standard InChI is InChI=1S/C43H33Cl2N3O16.6K/c44-27-13-25-34(15-31(27)49)64-35-16-32(50)28(45)14-26(35)41(25)23-7-5-21(11-24(23)43(60)61)42(59)46-22-6-8-30(48(19-39(55)56)20-40(57)58)36(12-22)63-10-9-62-33-4-2-1-3-29(33)47(17-37(51)52)18-38(53)54;;;;;;/h1-8,11-16,49H,9-10,17-20H2,(H,46,59)(H,51,52)(H,53,54)(H,55,56)(H,57,58)(H,60,61);;;;;;. The first-order valence-corrected chi connectivity index (χ1v) is 19.3. The molecule has 0 saturated heterocycles. The number of nitrogens with zero attached hydrogens (tertiary/aromatic N) is 2. The fraction of sp³-hybridized carbons (Fsp3) is 0.140. The van der Waals surface area contributed by atoms with Crippen LogP contribution in [0.15, 0.2) is 94.1 Å². The van der Waals surface area contributed by atoms with Crippen LogP contribution in [0.5, 0.6) is 17.2 Å². The number of carboxylic acids is 5. The van der Waals surface area contributed by atoms with Crippen LogP contribution in [-0.2, 0) is 19.2 Å². The van der Waals surface area contributed by atoms with Crippen molar-refractivity contribution in [2.45, 2.75) is 0 Å². The van der Waals surface area contributed by atoms with Crippen molar-refractivity contribution in [3.05, 3.63) is 116 Å². The van der Waals surface area contributed by atoms with E-state index in [1.54, 1.807) is 12.1 Å². The minimum Gasteiger partial charge on any atom is -0.506 e. The van der Waals surface area contributed by atoms with E-state index in [2.05, 4.69) is 5.32 Å². The molecule has 0 fully saturated rings. The van der Waals surface area contributed by atoms with Crippen LogP contribution in [0.2, 0.25) is 10.0 Å². The summed E-state index contributed by atoms with van der Waals surface area (Å²) in [5, 5.41) is 61.1. The van der Waals surface area contributed by atoms with Gasteiger partial charge in [0.05, 0.1) is 27.0 Å². The summed E-state index contributed by atoms with van der Waals surface area (Å²) in [5.41, 5.74) is -0.392. The quantitative estimate of drug-likeness (QED) is 0.0346. The van der Waals surface area contributed by atoms with Gasteiger partial charge in [-0.25, -0.2) is 4.79 Å². The molecule has 1 aliphatic heterocycles. The van der Waals surface area contributed by atoms with Crippen molar-refractivity contribution in [3.8, 4) is 39.7 Å². The molecule has 0 atom stereocenters. The number of benzene rings is 5. The fourth-order valence-corrected chi connectivity index (χ4v) is 7.02. The van der Waals surface area contributed by atoms with Gasteiger partial charge in [-0.2, -0.15) is 0 Å². The Morgan fingerprint density at radius 1 is 0.600 bits per heavy atom. The summed E-state index contributed by atoms with van der Waals surface area (Å²) in [4.78, 5) is 87.5. The number of aromatic carboxylic acids is 1. The number of phenols is 1. The van der Waals surface area contributed by atoms with Crippen LogP contribution in [0, 0.1) is 0 Å². The first kappa shape index (κ1) is 71.8. The monoisotopic (exact) mass is 1150 g/mol. The zero-order valence-electron chi connectivity index (χ0n) is 38.7. The molecule has 336 valence electrons. The van der Waals surface area contributed by atoms with Crippen LogP contribution in [0.25, 0.3) is 33.4 Å². The number of phenolic OH excluding ortho intramolecular Hbond substituents is 1. The van der Waals surface area contributed by atoms with Gasteiger partial charge in [0.2, 0.25) is 5.43 Å². The topological polar surface area (TPSA) is 291 Å². The number of halogens is 2. The minimum atomic E-state index is -1.46. The van der Waals surface area contributed by atoms with Gasteiger partial charge in [-0.05, 0) is 54.1 Å². The van der Waals surface area contributed by atoms with Crippen LogP contribution in [0.1, 0.15) is 20.7 Å². The van der Waals surface area contributed by atoms with Crippen LogP contribution >= 0.6 is 23.2 Å². The second-order valence-corrected chi connectivity index (χ2v) is 14.5. The Kier molecular flexibility index (Phi) is 34.8. The number of anilines is 3. The number of carbonyl (C=O) groups is 6. The number of fused-ring (bicyclic) bond motifs is 2. The number of amides is 1. The number of aromatic hydroxyl groups is 1. The van der Waals surface area contributed by atoms with Gasteiger partial charge in [0.15, 0.2) is 0 Å². The van der Waals surface area contributed by atoms with Crippen molar-refractivity contribution in [2.24, 2.45) is 0 Å². The molecule has 6 rings (SSSR count). The van der Waals surface area contributed by atoms with E-state index < -0.39 is 67.4 Å². The van der Waals surface area contributed by atoms with Gasteiger partial charge in [0.25, 0.3) is 5.91 Å². The predicted octanol–water partition coefficient (Wildman–Crippen LogP) is 3.65. The first-order chi connectivity index (χ1) is 30.4. The van der Waals surface area contributed by atoms with Crippen molar-refractivity contribution in [3.63, 3.8) is 0 Å². The van der Waals surface area contributed by atoms with Crippen LogP contribution in [0.3, 0.4) is 0 Å². The first-order valence-electron chi connectivity index (χ1n) is 18.5. The Balaban J connectivity index is 0.00000793. The molecule has 7 N–H and O–H groups in total. The maximum absolute atomic E-state index is 13.8.